The number of carbonyl (C=O) groups excluding carboxylic acids is 3. The first-order chi connectivity index (χ1) is 13.5. The van der Waals surface area contributed by atoms with Gasteiger partial charge in [0.1, 0.15) is 11.2 Å². The number of benzene rings is 1. The fraction of sp³-hybridized carbons (Fsp3) is 0.450. The lowest BCUT2D eigenvalue weighted by Crippen LogP contribution is -2.45. The van der Waals surface area contributed by atoms with Crippen LogP contribution in [0.5, 0.6) is 11.5 Å². The number of hydrogen-bond donors (Lipinski definition) is 3. The summed E-state index contributed by atoms with van der Waals surface area (Å²) in [6, 6.07) is 2.78. The predicted molar refractivity (Wildman–Crippen MR) is 98.2 cm³/mol. The van der Waals surface area contributed by atoms with E-state index in [-0.39, 0.29) is 17.1 Å². The van der Waals surface area contributed by atoms with Gasteiger partial charge in [-0.3, -0.25) is 4.79 Å². The van der Waals surface area contributed by atoms with Gasteiger partial charge in [0.05, 0.1) is 13.2 Å². The molecule has 3 N–H and O–H groups in total. The number of aliphatic hydroxyl groups is 2. The molecule has 156 valence electrons. The van der Waals surface area contributed by atoms with Crippen LogP contribution in [0.1, 0.15) is 36.7 Å². The van der Waals surface area contributed by atoms with Crippen LogP contribution in [0.2, 0.25) is 0 Å². The van der Waals surface area contributed by atoms with Crippen molar-refractivity contribution < 1.29 is 43.9 Å². The van der Waals surface area contributed by atoms with Crippen molar-refractivity contribution >= 4 is 23.8 Å². The molecule has 1 saturated carbocycles. The minimum atomic E-state index is -1.95. The highest BCUT2D eigenvalue weighted by molar-refractivity contribution is 6.37. The predicted octanol–water partition coefficient (Wildman–Crippen LogP) is 0.586. The summed E-state index contributed by atoms with van der Waals surface area (Å²) >= 11 is 0. The number of allylic oxidation sites excluding steroid dienone is 1. The van der Waals surface area contributed by atoms with Crippen molar-refractivity contribution in [2.24, 2.45) is 5.41 Å². The number of carbonyl (C=O) groups is 3. The van der Waals surface area contributed by atoms with Crippen molar-refractivity contribution in [3.63, 3.8) is 0 Å². The van der Waals surface area contributed by atoms with Gasteiger partial charge in [0.25, 0.3) is 5.78 Å². The van der Waals surface area contributed by atoms with E-state index in [0.29, 0.717) is 5.56 Å². The van der Waals surface area contributed by atoms with Gasteiger partial charge in [-0.15, -0.1) is 0 Å². The molecule has 0 amide bonds. The fourth-order valence-electron chi connectivity index (χ4n) is 3.69. The number of aromatic hydroxyl groups is 1. The van der Waals surface area contributed by atoms with Crippen LogP contribution in [0.15, 0.2) is 18.2 Å². The minimum Gasteiger partial charge on any atom is -0.504 e. The summed E-state index contributed by atoms with van der Waals surface area (Å²) in [7, 11) is 1.24. The highest BCUT2D eigenvalue weighted by Crippen LogP contribution is 2.60. The molecule has 1 aromatic carbocycles. The molecule has 3 rings (SSSR count). The molecule has 2 unspecified atom stereocenters. The quantitative estimate of drug-likeness (QED) is 0.473. The molecule has 9 nitrogen and oxygen atoms in total. The summed E-state index contributed by atoms with van der Waals surface area (Å²) in [5.41, 5.74) is -2.85. The maximum atomic E-state index is 12.9. The van der Waals surface area contributed by atoms with Gasteiger partial charge in [0.15, 0.2) is 17.6 Å². The highest BCUT2D eigenvalue weighted by Gasteiger charge is 2.79. The molecule has 1 heterocycles. The number of esters is 2. The van der Waals surface area contributed by atoms with Crippen molar-refractivity contribution in [2.75, 3.05) is 7.11 Å². The summed E-state index contributed by atoms with van der Waals surface area (Å²) in [4.78, 5) is 37.0. The van der Waals surface area contributed by atoms with Gasteiger partial charge in [0.2, 0.25) is 6.10 Å². The van der Waals surface area contributed by atoms with Crippen molar-refractivity contribution in [1.82, 2.24) is 0 Å². The number of aliphatic hydroxyl groups excluding tert-OH is 1. The number of phenolic OH excluding ortho intramolecular Hbond substituents is 1. The number of Topliss-reactive ketones (excluding diaryl/α,β-unsaturated/α-hetero) is 1. The van der Waals surface area contributed by atoms with Crippen molar-refractivity contribution in [2.45, 2.75) is 44.7 Å². The number of ether oxygens (including phenoxy) is 3. The zero-order valence-corrected chi connectivity index (χ0v) is 16.3. The molecule has 2 aliphatic rings. The Kier molecular flexibility index (Phi) is 4.92. The fourth-order valence-corrected chi connectivity index (χ4v) is 3.69. The summed E-state index contributed by atoms with van der Waals surface area (Å²) in [5, 5.41) is 30.9. The van der Waals surface area contributed by atoms with Crippen LogP contribution in [0.25, 0.3) is 6.08 Å². The van der Waals surface area contributed by atoms with Gasteiger partial charge in [-0.2, -0.15) is 0 Å². The third kappa shape index (κ3) is 2.89. The van der Waals surface area contributed by atoms with Crippen LogP contribution < -0.4 is 4.74 Å². The summed E-state index contributed by atoms with van der Waals surface area (Å²) in [6.07, 6.45) is -1.40. The SMILES string of the molecule is CC=Cc1ccc(O)c(OC)c1C(=O)OC1C(=O)C(=O)O[C@@H]1[C@@]1(O)C(O)C1(C)C. The van der Waals surface area contributed by atoms with E-state index >= 15 is 0 Å². The number of phenols is 1. The highest BCUT2D eigenvalue weighted by atomic mass is 16.6. The lowest BCUT2D eigenvalue weighted by Gasteiger charge is -2.24. The molecule has 1 aliphatic carbocycles. The van der Waals surface area contributed by atoms with Gasteiger partial charge in [0, 0.05) is 5.41 Å². The second kappa shape index (κ2) is 6.85. The molecule has 1 aliphatic heterocycles. The first-order valence-electron chi connectivity index (χ1n) is 8.91. The molecule has 4 atom stereocenters. The topological polar surface area (TPSA) is 140 Å². The summed E-state index contributed by atoms with van der Waals surface area (Å²) in [6.45, 7) is 4.76. The van der Waals surface area contributed by atoms with Crippen LogP contribution >= 0.6 is 0 Å². The largest absolute Gasteiger partial charge is 0.504 e. The van der Waals surface area contributed by atoms with E-state index in [1.165, 1.54) is 33.1 Å². The van der Waals surface area contributed by atoms with Gasteiger partial charge < -0.3 is 29.5 Å². The Hall–Kier alpha value is -2.91. The lowest BCUT2D eigenvalue weighted by molar-refractivity contribution is -0.154. The van der Waals surface area contributed by atoms with E-state index in [2.05, 4.69) is 0 Å². The molecule has 1 aromatic rings. The monoisotopic (exact) mass is 406 g/mol. The second-order valence-electron chi connectivity index (χ2n) is 7.55. The number of ketones is 1. The Morgan fingerprint density at radius 1 is 1.28 bits per heavy atom. The zero-order chi connectivity index (χ0) is 21.7. The van der Waals surface area contributed by atoms with E-state index in [0.717, 1.165) is 0 Å². The number of cyclic esters (lactones) is 1. The van der Waals surface area contributed by atoms with E-state index in [1.54, 1.807) is 19.1 Å². The Bertz CT molecular complexity index is 917. The molecule has 0 spiro atoms. The summed E-state index contributed by atoms with van der Waals surface area (Å²) < 4.78 is 15.3. The molecule has 1 saturated heterocycles. The van der Waals surface area contributed by atoms with E-state index in [9.17, 15) is 29.7 Å². The Balaban J connectivity index is 1.99. The van der Waals surface area contributed by atoms with Gasteiger partial charge in [-0.25, -0.2) is 9.59 Å². The van der Waals surface area contributed by atoms with Gasteiger partial charge in [-0.05, 0) is 18.6 Å². The van der Waals surface area contributed by atoms with Crippen LogP contribution in [0, 0.1) is 5.41 Å². The number of methoxy groups -OCH3 is 1. The molecule has 29 heavy (non-hydrogen) atoms. The number of hydrogen-bond acceptors (Lipinski definition) is 9. The maximum absolute atomic E-state index is 12.9. The van der Waals surface area contributed by atoms with Crippen LogP contribution in [-0.2, 0) is 19.1 Å². The average Bonchev–Trinajstić information content (AvgIpc) is 2.91. The van der Waals surface area contributed by atoms with Gasteiger partial charge >= 0.3 is 11.9 Å². The molecule has 2 fully saturated rings. The number of rotatable bonds is 5. The zero-order valence-electron chi connectivity index (χ0n) is 16.3. The van der Waals surface area contributed by atoms with E-state index in [1.807, 2.05) is 0 Å². The smallest absolute Gasteiger partial charge is 0.379 e. The normalized spacial score (nSPS) is 30.3. The Morgan fingerprint density at radius 2 is 1.90 bits per heavy atom. The first kappa shape index (κ1) is 20.8. The molecule has 9 heteroatoms. The third-order valence-electron chi connectivity index (χ3n) is 5.61. The minimum absolute atomic E-state index is 0.168. The third-order valence-corrected chi connectivity index (χ3v) is 5.61. The molecular formula is C20H22O9. The van der Waals surface area contributed by atoms with Crippen LogP contribution in [-0.4, -0.2) is 64.1 Å². The van der Waals surface area contributed by atoms with Crippen molar-refractivity contribution in [1.29, 1.82) is 0 Å². The molecule has 0 bridgehead atoms. The molecule has 0 aromatic heterocycles. The summed E-state index contributed by atoms with van der Waals surface area (Å²) in [5.74, 6) is -3.99. The van der Waals surface area contributed by atoms with Crippen LogP contribution in [0.4, 0.5) is 0 Å². The van der Waals surface area contributed by atoms with E-state index in [4.69, 9.17) is 14.2 Å². The maximum Gasteiger partial charge on any atom is 0.379 e. The van der Waals surface area contributed by atoms with Gasteiger partial charge in [-0.1, -0.05) is 32.1 Å². The molecular weight excluding hydrogens is 384 g/mol. The molecule has 0 radical (unpaired) electrons. The average molecular weight is 406 g/mol. The second-order valence-corrected chi connectivity index (χ2v) is 7.55. The standard InChI is InChI=1S/C20H22O9/c1-5-6-9-7-8-10(21)13(27-4)11(9)16(23)28-14-12(22)17(24)29-15(14)20(26)18(25)19(20,2)3/h5-8,14-15,18,21,25-26H,1-4H3/t14?,15-,18?,20+/m0/s1. The first-order valence-corrected chi connectivity index (χ1v) is 8.91. The lowest BCUT2D eigenvalue weighted by atomic mass is 9.97. The van der Waals surface area contributed by atoms with Crippen molar-refractivity contribution in [3.05, 3.63) is 29.3 Å². The Labute approximate surface area is 166 Å². The van der Waals surface area contributed by atoms with E-state index < -0.39 is 47.0 Å². The van der Waals surface area contributed by atoms with Crippen LogP contribution in [0.3, 0.4) is 0 Å². The van der Waals surface area contributed by atoms with Crippen molar-refractivity contribution in [3.8, 4) is 11.5 Å². The Morgan fingerprint density at radius 3 is 2.41 bits per heavy atom.